The number of carboxylic acid groups (broad SMARTS) is 1. The molecule has 0 bridgehead atoms. The average molecular weight is 370 g/mol. The van der Waals surface area contributed by atoms with E-state index in [1.54, 1.807) is 0 Å². The van der Waals surface area contributed by atoms with Gasteiger partial charge in [-0.3, -0.25) is 4.57 Å². The molecule has 0 saturated heterocycles. The van der Waals surface area contributed by atoms with Gasteiger partial charge in [0.15, 0.2) is 5.66 Å². The number of carboxylic acids is 1. The Kier molecular flexibility index (Phi) is 5.39. The fraction of sp³-hybridized carbons (Fsp3) is 0.800. The van der Waals surface area contributed by atoms with Gasteiger partial charge in [-0.25, -0.2) is 4.79 Å². The first kappa shape index (κ1) is 15.5. The van der Waals surface area contributed by atoms with E-state index in [0.717, 1.165) is 2.95 Å². The summed E-state index contributed by atoms with van der Waals surface area (Å²) in [7, 11) is -4.31. The summed E-state index contributed by atoms with van der Waals surface area (Å²) in [6.07, 6.45) is -0.622. The summed E-state index contributed by atoms with van der Waals surface area (Å²) in [5.74, 6) is -2.37. The fourth-order valence-electron chi connectivity index (χ4n) is 0.946. The van der Waals surface area contributed by atoms with E-state index in [-0.39, 0.29) is 0 Å². The zero-order valence-corrected chi connectivity index (χ0v) is 11.7. The first-order chi connectivity index (χ1) is 6.51. The molecular weight excluding hydrogens is 359 g/mol. The van der Waals surface area contributed by atoms with Gasteiger partial charge in [0.2, 0.25) is 0 Å². The van der Waals surface area contributed by atoms with E-state index in [4.69, 9.17) is 20.6 Å². The van der Waals surface area contributed by atoms with Crippen LogP contribution in [0.25, 0.3) is 0 Å². The molecular formula is C5H11Br2N2O5P. The first-order valence-electron chi connectivity index (χ1n) is 3.70. The van der Waals surface area contributed by atoms with Crippen molar-refractivity contribution in [2.75, 3.05) is 6.16 Å². The number of hydrogen-bond acceptors (Lipinski definition) is 4. The Balaban J connectivity index is 4.96. The van der Waals surface area contributed by atoms with E-state index in [0.29, 0.717) is 0 Å². The molecule has 0 amide bonds. The molecule has 0 aliphatic carbocycles. The van der Waals surface area contributed by atoms with Gasteiger partial charge < -0.3 is 20.6 Å². The predicted molar refractivity (Wildman–Crippen MR) is 60.3 cm³/mol. The van der Waals surface area contributed by atoms with Crippen molar-refractivity contribution in [2.45, 2.75) is 12.6 Å². The maximum absolute atomic E-state index is 10.9. The lowest BCUT2D eigenvalue weighted by Gasteiger charge is -2.33. The zero-order valence-electron chi connectivity index (χ0n) is 7.67. The second kappa shape index (κ2) is 5.22. The van der Waals surface area contributed by atoms with Crippen LogP contribution in [0.2, 0.25) is 0 Å². The van der Waals surface area contributed by atoms with Gasteiger partial charge >= 0.3 is 13.6 Å². The first-order valence-corrected chi connectivity index (χ1v) is 6.92. The molecule has 0 rings (SSSR count). The van der Waals surface area contributed by atoms with Crippen molar-refractivity contribution in [1.82, 2.24) is 2.95 Å². The van der Waals surface area contributed by atoms with E-state index in [2.05, 4.69) is 32.3 Å². The van der Waals surface area contributed by atoms with Crippen molar-refractivity contribution in [3.63, 3.8) is 0 Å². The van der Waals surface area contributed by atoms with E-state index < -0.39 is 31.3 Å². The molecule has 15 heavy (non-hydrogen) atoms. The SMILES string of the molecule is CC(CP(=O)(O)O)[C@@](N)(C(=O)O)N(Br)Br. The third-order valence-corrected chi connectivity index (χ3v) is 4.08. The molecule has 7 nitrogen and oxygen atoms in total. The van der Waals surface area contributed by atoms with Crippen LogP contribution in [-0.2, 0) is 9.36 Å². The monoisotopic (exact) mass is 368 g/mol. The highest BCUT2D eigenvalue weighted by molar-refractivity contribution is 9.21. The van der Waals surface area contributed by atoms with Crippen LogP contribution >= 0.6 is 39.9 Å². The number of halogens is 2. The normalized spacial score (nSPS) is 18.6. The second-order valence-electron chi connectivity index (χ2n) is 3.11. The van der Waals surface area contributed by atoms with Crippen molar-refractivity contribution in [3.05, 3.63) is 0 Å². The number of rotatable bonds is 5. The Labute approximate surface area is 103 Å². The molecule has 2 atom stereocenters. The topological polar surface area (TPSA) is 124 Å². The summed E-state index contributed by atoms with van der Waals surface area (Å²) < 4.78 is 11.6. The van der Waals surface area contributed by atoms with Crippen LogP contribution in [0.3, 0.4) is 0 Å². The highest BCUT2D eigenvalue weighted by Gasteiger charge is 2.46. The number of nitrogens with zero attached hydrogens (tertiary/aromatic N) is 1. The highest BCUT2D eigenvalue weighted by atomic mass is 79.9. The maximum Gasteiger partial charge on any atom is 0.340 e. The minimum Gasteiger partial charge on any atom is -0.479 e. The van der Waals surface area contributed by atoms with Gasteiger partial charge in [-0.2, -0.15) is 0 Å². The Hall–Kier alpha value is 0.500. The zero-order chi connectivity index (χ0) is 12.4. The summed E-state index contributed by atoms with van der Waals surface area (Å²) in [5, 5.41) is 8.89. The van der Waals surface area contributed by atoms with Gasteiger partial charge in [0.1, 0.15) is 0 Å². The van der Waals surface area contributed by atoms with Gasteiger partial charge in [-0.1, -0.05) is 6.92 Å². The molecule has 0 aliphatic rings. The fourth-order valence-corrected chi connectivity index (χ4v) is 2.94. The minimum atomic E-state index is -4.31. The van der Waals surface area contributed by atoms with Gasteiger partial charge in [-0.15, -0.1) is 2.95 Å². The van der Waals surface area contributed by atoms with Crippen LogP contribution in [0.5, 0.6) is 0 Å². The van der Waals surface area contributed by atoms with Crippen LogP contribution in [0.4, 0.5) is 0 Å². The average Bonchev–Trinajstić information content (AvgIpc) is 1.98. The molecule has 0 radical (unpaired) electrons. The lowest BCUT2D eigenvalue weighted by molar-refractivity contribution is -0.147. The standard InChI is InChI=1S/C5H11Br2N2O5P/c1-3(2-15(12,13)14)5(8,4(10)11)9(6)7/h3H,2,8H2,1H3,(H,10,11)(H2,12,13,14)/t3?,5-/m0/s1. The number of aliphatic carboxylic acids is 1. The summed E-state index contributed by atoms with van der Waals surface area (Å²) in [4.78, 5) is 28.4. The molecule has 0 heterocycles. The van der Waals surface area contributed by atoms with E-state index in [1.807, 2.05) is 0 Å². The van der Waals surface area contributed by atoms with Crippen LogP contribution in [0, 0.1) is 5.92 Å². The van der Waals surface area contributed by atoms with Crippen LogP contribution < -0.4 is 5.73 Å². The molecule has 0 aromatic carbocycles. The molecule has 0 saturated carbocycles. The predicted octanol–water partition coefficient (Wildman–Crippen LogP) is 0.462. The smallest absolute Gasteiger partial charge is 0.340 e. The lowest BCUT2D eigenvalue weighted by atomic mass is 9.98. The van der Waals surface area contributed by atoms with Crippen molar-refractivity contribution < 1.29 is 24.3 Å². The van der Waals surface area contributed by atoms with Gasteiger partial charge in [-0.05, 0) is 0 Å². The van der Waals surface area contributed by atoms with Gasteiger partial charge in [0.25, 0.3) is 0 Å². The maximum atomic E-state index is 10.9. The Morgan fingerprint density at radius 2 is 2.00 bits per heavy atom. The molecule has 10 heteroatoms. The summed E-state index contributed by atoms with van der Waals surface area (Å²) in [6.45, 7) is 1.34. The van der Waals surface area contributed by atoms with Gasteiger partial charge in [0, 0.05) is 38.2 Å². The van der Waals surface area contributed by atoms with Crippen molar-refractivity contribution in [1.29, 1.82) is 0 Å². The molecule has 0 aliphatic heterocycles. The van der Waals surface area contributed by atoms with Crippen LogP contribution in [0.1, 0.15) is 6.92 Å². The van der Waals surface area contributed by atoms with Crippen molar-refractivity contribution >= 4 is 45.9 Å². The van der Waals surface area contributed by atoms with Crippen LogP contribution in [-0.4, -0.2) is 35.6 Å². The number of nitrogens with two attached hydrogens (primary N) is 1. The van der Waals surface area contributed by atoms with E-state index in [1.165, 1.54) is 6.92 Å². The highest BCUT2D eigenvalue weighted by Crippen LogP contribution is 2.41. The molecule has 90 valence electrons. The Morgan fingerprint density at radius 1 is 1.60 bits per heavy atom. The molecule has 0 fully saturated rings. The minimum absolute atomic E-state index is 0.622. The number of carbonyl (C=O) groups is 1. The van der Waals surface area contributed by atoms with Crippen LogP contribution in [0.15, 0.2) is 0 Å². The molecule has 5 N–H and O–H groups in total. The van der Waals surface area contributed by atoms with Crippen molar-refractivity contribution in [2.24, 2.45) is 11.7 Å². The quantitative estimate of drug-likeness (QED) is 0.315. The molecule has 0 aromatic heterocycles. The molecule has 0 aromatic rings. The summed E-state index contributed by atoms with van der Waals surface area (Å²) in [6, 6.07) is 0. The van der Waals surface area contributed by atoms with Crippen molar-refractivity contribution in [3.8, 4) is 0 Å². The van der Waals surface area contributed by atoms with E-state index >= 15 is 0 Å². The summed E-state index contributed by atoms with van der Waals surface area (Å²) >= 11 is 5.59. The third kappa shape index (κ3) is 4.10. The summed E-state index contributed by atoms with van der Waals surface area (Å²) in [5.41, 5.74) is 3.58. The molecule has 1 unspecified atom stereocenters. The van der Waals surface area contributed by atoms with E-state index in [9.17, 15) is 9.36 Å². The third-order valence-electron chi connectivity index (χ3n) is 1.89. The Bertz CT molecular complexity index is 295. The number of hydrogen-bond donors (Lipinski definition) is 4. The largest absolute Gasteiger partial charge is 0.479 e. The second-order valence-corrected chi connectivity index (χ2v) is 7.18. The Morgan fingerprint density at radius 3 is 2.20 bits per heavy atom. The van der Waals surface area contributed by atoms with Gasteiger partial charge in [0.05, 0.1) is 6.16 Å². The molecule has 0 spiro atoms. The lowest BCUT2D eigenvalue weighted by Crippen LogP contribution is -2.60.